The third-order valence-electron chi connectivity index (χ3n) is 3.32. The molecule has 0 unspecified atom stereocenters. The van der Waals surface area contributed by atoms with Crippen molar-refractivity contribution in [2.24, 2.45) is 0 Å². The Morgan fingerprint density at radius 2 is 1.55 bits per heavy atom. The monoisotopic (exact) mass is 288 g/mol. The zero-order valence-corrected chi connectivity index (χ0v) is 13.0. The predicted molar refractivity (Wildman–Crippen MR) is 70.0 cm³/mol. The maximum Gasteiger partial charge on any atom is 0.338 e. The molecular weight excluding hydrogens is 264 g/mol. The van der Waals surface area contributed by atoms with E-state index < -0.39 is 29.8 Å². The lowest BCUT2D eigenvalue weighted by atomic mass is 10.0. The van der Waals surface area contributed by atoms with Crippen molar-refractivity contribution in [1.29, 1.82) is 0 Å². The summed E-state index contributed by atoms with van der Waals surface area (Å²) in [6.45, 7) is 11.2. The Kier molecular flexibility index (Phi) is 4.12. The third-order valence-corrected chi connectivity index (χ3v) is 3.32. The molecule has 6 heteroatoms. The molecule has 0 spiro atoms. The van der Waals surface area contributed by atoms with E-state index in [2.05, 4.69) is 0 Å². The molecule has 2 saturated heterocycles. The minimum Gasteiger partial charge on any atom is -0.464 e. The maximum atomic E-state index is 12.0. The Hall–Kier alpha value is -0.690. The minimum atomic E-state index is -0.849. The van der Waals surface area contributed by atoms with Crippen molar-refractivity contribution < 1.29 is 28.5 Å². The molecule has 0 aromatic carbocycles. The molecule has 0 amide bonds. The minimum absolute atomic E-state index is 0.190. The van der Waals surface area contributed by atoms with Crippen LogP contribution in [0, 0.1) is 0 Å². The van der Waals surface area contributed by atoms with E-state index in [9.17, 15) is 4.79 Å². The summed E-state index contributed by atoms with van der Waals surface area (Å²) in [5, 5.41) is 0. The number of ether oxygens (including phenoxy) is 5. The summed E-state index contributed by atoms with van der Waals surface area (Å²) in [5.41, 5.74) is 0. The highest BCUT2D eigenvalue weighted by Crippen LogP contribution is 2.38. The summed E-state index contributed by atoms with van der Waals surface area (Å²) in [4.78, 5) is 12.0. The lowest BCUT2D eigenvalue weighted by molar-refractivity contribution is -0.176. The highest BCUT2D eigenvalue weighted by molar-refractivity contribution is 5.76. The predicted octanol–water partition coefficient (Wildman–Crippen LogP) is 1.61. The standard InChI is InChI=1S/C14H24O6/c1-7-16-12(15)11-10(19-14(5,6)20-11)9-8(2)17-13(3,4)18-9/h8-11H,7H2,1-6H3/t8-,9-,10+,11-/m0/s1. The van der Waals surface area contributed by atoms with Crippen LogP contribution in [-0.2, 0) is 28.5 Å². The quantitative estimate of drug-likeness (QED) is 0.735. The molecule has 6 nitrogen and oxygen atoms in total. The van der Waals surface area contributed by atoms with Crippen molar-refractivity contribution in [3.8, 4) is 0 Å². The normalized spacial score (nSPS) is 38.9. The van der Waals surface area contributed by atoms with Crippen LogP contribution in [0.2, 0.25) is 0 Å². The summed E-state index contributed by atoms with van der Waals surface area (Å²) >= 11 is 0. The average Bonchev–Trinajstić information content (AvgIpc) is 2.75. The van der Waals surface area contributed by atoms with Crippen LogP contribution in [0.4, 0.5) is 0 Å². The van der Waals surface area contributed by atoms with E-state index in [0.717, 1.165) is 0 Å². The number of hydrogen-bond acceptors (Lipinski definition) is 6. The molecule has 0 N–H and O–H groups in total. The molecule has 2 fully saturated rings. The number of hydrogen-bond donors (Lipinski definition) is 0. The van der Waals surface area contributed by atoms with E-state index in [1.807, 2.05) is 20.8 Å². The first kappa shape index (κ1) is 15.7. The Morgan fingerprint density at radius 1 is 1.00 bits per heavy atom. The van der Waals surface area contributed by atoms with Gasteiger partial charge in [-0.05, 0) is 41.5 Å². The van der Waals surface area contributed by atoms with Crippen LogP contribution >= 0.6 is 0 Å². The summed E-state index contributed by atoms with van der Waals surface area (Å²) < 4.78 is 28.2. The maximum absolute atomic E-state index is 12.0. The van der Waals surface area contributed by atoms with Crippen molar-refractivity contribution in [3.63, 3.8) is 0 Å². The van der Waals surface area contributed by atoms with Crippen molar-refractivity contribution in [1.82, 2.24) is 0 Å². The van der Waals surface area contributed by atoms with E-state index in [-0.39, 0.29) is 12.2 Å². The van der Waals surface area contributed by atoms with Gasteiger partial charge in [0, 0.05) is 0 Å². The second kappa shape index (κ2) is 5.26. The number of carbonyl (C=O) groups excluding carboxylic acids is 1. The smallest absolute Gasteiger partial charge is 0.338 e. The molecule has 0 saturated carbocycles. The Labute approximate surface area is 119 Å². The molecule has 4 atom stereocenters. The molecule has 0 bridgehead atoms. The van der Waals surface area contributed by atoms with Crippen LogP contribution in [0.5, 0.6) is 0 Å². The second-order valence-electron chi connectivity index (χ2n) is 6.08. The van der Waals surface area contributed by atoms with Crippen LogP contribution in [0.1, 0.15) is 41.5 Å². The van der Waals surface area contributed by atoms with Crippen molar-refractivity contribution in [3.05, 3.63) is 0 Å². The Bertz CT molecular complexity index is 378. The fourth-order valence-corrected chi connectivity index (χ4v) is 2.74. The van der Waals surface area contributed by atoms with Gasteiger partial charge in [-0.3, -0.25) is 0 Å². The molecule has 2 aliphatic rings. The van der Waals surface area contributed by atoms with Gasteiger partial charge in [0.2, 0.25) is 0 Å². The van der Waals surface area contributed by atoms with Gasteiger partial charge in [-0.2, -0.15) is 0 Å². The molecule has 0 aliphatic carbocycles. The molecular formula is C14H24O6. The zero-order valence-electron chi connectivity index (χ0n) is 13.0. The van der Waals surface area contributed by atoms with E-state index in [4.69, 9.17) is 23.7 Å². The second-order valence-corrected chi connectivity index (χ2v) is 6.08. The lowest BCUT2D eigenvalue weighted by Crippen LogP contribution is -2.45. The molecule has 116 valence electrons. The largest absolute Gasteiger partial charge is 0.464 e. The average molecular weight is 288 g/mol. The zero-order chi connectivity index (χ0) is 15.1. The summed E-state index contributed by atoms with van der Waals surface area (Å²) in [5.74, 6) is -1.97. The number of carbonyl (C=O) groups is 1. The van der Waals surface area contributed by atoms with Gasteiger partial charge < -0.3 is 23.7 Å². The Balaban J connectivity index is 2.17. The fraction of sp³-hybridized carbons (Fsp3) is 0.929. The molecule has 2 heterocycles. The SMILES string of the molecule is CCOC(=O)[C@H]1OC(C)(C)O[C@@H]1[C@H]1OC(C)(C)O[C@H]1C. The molecule has 0 aromatic rings. The first-order valence-corrected chi connectivity index (χ1v) is 7.03. The number of rotatable bonds is 3. The summed E-state index contributed by atoms with van der Waals surface area (Å²) in [6.07, 6.45) is -1.90. The summed E-state index contributed by atoms with van der Waals surface area (Å²) in [6, 6.07) is 0. The lowest BCUT2D eigenvalue weighted by Gasteiger charge is -2.24. The van der Waals surface area contributed by atoms with Gasteiger partial charge in [0.25, 0.3) is 0 Å². The molecule has 2 rings (SSSR count). The summed E-state index contributed by atoms with van der Waals surface area (Å²) in [7, 11) is 0. The van der Waals surface area contributed by atoms with Crippen LogP contribution in [0.15, 0.2) is 0 Å². The van der Waals surface area contributed by atoms with Gasteiger partial charge in [0.15, 0.2) is 17.7 Å². The van der Waals surface area contributed by atoms with E-state index >= 15 is 0 Å². The highest BCUT2D eigenvalue weighted by atomic mass is 16.8. The Morgan fingerprint density at radius 3 is 2.05 bits per heavy atom. The third kappa shape index (κ3) is 3.14. The van der Waals surface area contributed by atoms with Gasteiger partial charge in [0.1, 0.15) is 12.2 Å². The molecule has 20 heavy (non-hydrogen) atoms. The first-order chi connectivity index (χ1) is 9.15. The molecule has 2 aliphatic heterocycles. The van der Waals surface area contributed by atoms with Gasteiger partial charge in [-0.1, -0.05) is 0 Å². The van der Waals surface area contributed by atoms with E-state index in [0.29, 0.717) is 6.61 Å². The van der Waals surface area contributed by atoms with Crippen LogP contribution < -0.4 is 0 Å². The van der Waals surface area contributed by atoms with Crippen molar-refractivity contribution in [2.75, 3.05) is 6.61 Å². The molecule has 0 aromatic heterocycles. The van der Waals surface area contributed by atoms with Crippen molar-refractivity contribution >= 4 is 5.97 Å². The fourth-order valence-electron chi connectivity index (χ4n) is 2.74. The topological polar surface area (TPSA) is 63.2 Å². The van der Waals surface area contributed by atoms with Crippen LogP contribution in [-0.4, -0.2) is 48.6 Å². The number of esters is 1. The van der Waals surface area contributed by atoms with Crippen LogP contribution in [0.3, 0.4) is 0 Å². The van der Waals surface area contributed by atoms with E-state index in [1.165, 1.54) is 0 Å². The van der Waals surface area contributed by atoms with Crippen molar-refractivity contribution in [2.45, 2.75) is 77.5 Å². The van der Waals surface area contributed by atoms with Gasteiger partial charge >= 0.3 is 5.97 Å². The van der Waals surface area contributed by atoms with Gasteiger partial charge in [-0.25, -0.2) is 4.79 Å². The van der Waals surface area contributed by atoms with E-state index in [1.54, 1.807) is 20.8 Å². The van der Waals surface area contributed by atoms with Gasteiger partial charge in [0.05, 0.1) is 12.7 Å². The molecule has 0 radical (unpaired) electrons. The highest BCUT2D eigenvalue weighted by Gasteiger charge is 2.55. The first-order valence-electron chi connectivity index (χ1n) is 7.03. The van der Waals surface area contributed by atoms with Gasteiger partial charge in [-0.15, -0.1) is 0 Å². The van der Waals surface area contributed by atoms with Crippen LogP contribution in [0.25, 0.3) is 0 Å².